The van der Waals surface area contributed by atoms with E-state index in [9.17, 15) is 0 Å². The van der Waals surface area contributed by atoms with Crippen LogP contribution < -0.4 is 16.0 Å². The molecule has 0 fully saturated rings. The molecule has 0 radical (unpaired) electrons. The molecule has 0 saturated carbocycles. The van der Waals surface area contributed by atoms with Crippen LogP contribution >= 0.6 is 27.5 Å². The molecular formula is C14H15BrClN3O. The minimum atomic E-state index is -0.0849. The minimum Gasteiger partial charge on any atom is -0.496 e. The third-order valence-electron chi connectivity index (χ3n) is 2.97. The molecule has 0 amide bonds. The SMILES string of the molecule is COc1cc(Cl)ccc1C(Cc1cncc(Br)c1)NN. The Morgan fingerprint density at radius 1 is 1.40 bits per heavy atom. The standard InChI is InChI=1S/C14H15BrClN3O/c1-20-14-6-11(16)2-3-12(14)13(19-17)5-9-4-10(15)8-18-7-9/h2-4,6-8,13,19H,5,17H2,1H3. The lowest BCUT2D eigenvalue weighted by atomic mass is 9.99. The number of ether oxygens (including phenoxy) is 1. The molecule has 0 aliphatic heterocycles. The van der Waals surface area contributed by atoms with E-state index in [2.05, 4.69) is 26.3 Å². The van der Waals surface area contributed by atoms with Gasteiger partial charge in [0.25, 0.3) is 0 Å². The minimum absolute atomic E-state index is 0.0849. The smallest absolute Gasteiger partial charge is 0.125 e. The third-order valence-corrected chi connectivity index (χ3v) is 3.64. The molecule has 0 aliphatic carbocycles. The van der Waals surface area contributed by atoms with Gasteiger partial charge in [0.05, 0.1) is 13.2 Å². The van der Waals surface area contributed by atoms with Gasteiger partial charge in [-0.2, -0.15) is 0 Å². The average molecular weight is 357 g/mol. The Kier molecular flexibility index (Phi) is 5.37. The van der Waals surface area contributed by atoms with E-state index < -0.39 is 0 Å². The zero-order valence-corrected chi connectivity index (χ0v) is 13.3. The van der Waals surface area contributed by atoms with Crippen molar-refractivity contribution in [1.29, 1.82) is 0 Å². The van der Waals surface area contributed by atoms with Crippen LogP contribution in [-0.2, 0) is 6.42 Å². The lowest BCUT2D eigenvalue weighted by molar-refractivity contribution is 0.399. The lowest BCUT2D eigenvalue weighted by Crippen LogP contribution is -2.30. The zero-order chi connectivity index (χ0) is 14.5. The number of nitrogens with zero attached hydrogens (tertiary/aromatic N) is 1. The summed E-state index contributed by atoms with van der Waals surface area (Å²) < 4.78 is 6.30. The van der Waals surface area contributed by atoms with E-state index in [4.69, 9.17) is 22.2 Å². The number of nitrogens with two attached hydrogens (primary N) is 1. The van der Waals surface area contributed by atoms with Crippen LogP contribution in [0.5, 0.6) is 5.75 Å². The van der Waals surface area contributed by atoms with Crippen molar-refractivity contribution in [1.82, 2.24) is 10.4 Å². The van der Waals surface area contributed by atoms with E-state index in [-0.39, 0.29) is 6.04 Å². The Balaban J connectivity index is 2.28. The molecule has 0 aliphatic rings. The molecule has 0 bridgehead atoms. The van der Waals surface area contributed by atoms with Gasteiger partial charge in [-0.05, 0) is 46.1 Å². The van der Waals surface area contributed by atoms with Crippen LogP contribution in [0.4, 0.5) is 0 Å². The monoisotopic (exact) mass is 355 g/mol. The largest absolute Gasteiger partial charge is 0.496 e. The normalized spacial score (nSPS) is 12.2. The summed E-state index contributed by atoms with van der Waals surface area (Å²) in [5.41, 5.74) is 4.84. The summed E-state index contributed by atoms with van der Waals surface area (Å²) in [6.07, 6.45) is 4.26. The van der Waals surface area contributed by atoms with Gasteiger partial charge < -0.3 is 4.74 Å². The van der Waals surface area contributed by atoms with E-state index >= 15 is 0 Å². The molecule has 0 spiro atoms. The number of aromatic nitrogens is 1. The molecule has 2 rings (SSSR count). The fourth-order valence-corrected chi connectivity index (χ4v) is 2.61. The average Bonchev–Trinajstić information content (AvgIpc) is 2.45. The van der Waals surface area contributed by atoms with Crippen molar-refractivity contribution in [3.63, 3.8) is 0 Å². The first-order chi connectivity index (χ1) is 9.63. The summed E-state index contributed by atoms with van der Waals surface area (Å²) in [5, 5.41) is 0.630. The molecule has 1 aromatic heterocycles. The maximum atomic E-state index is 5.98. The quantitative estimate of drug-likeness (QED) is 0.638. The Morgan fingerprint density at radius 2 is 2.20 bits per heavy atom. The Bertz CT molecular complexity index is 594. The number of hydrogen-bond acceptors (Lipinski definition) is 4. The number of hydrogen-bond donors (Lipinski definition) is 2. The maximum Gasteiger partial charge on any atom is 0.125 e. The molecule has 0 saturated heterocycles. The van der Waals surface area contributed by atoms with E-state index in [0.717, 1.165) is 15.6 Å². The highest BCUT2D eigenvalue weighted by atomic mass is 79.9. The second-order valence-electron chi connectivity index (χ2n) is 4.32. The Hall–Kier alpha value is -1.14. The molecule has 106 valence electrons. The van der Waals surface area contributed by atoms with Crippen molar-refractivity contribution >= 4 is 27.5 Å². The van der Waals surface area contributed by atoms with Gasteiger partial charge >= 0.3 is 0 Å². The molecular weight excluding hydrogens is 342 g/mol. The van der Waals surface area contributed by atoms with Crippen molar-refractivity contribution in [2.45, 2.75) is 12.5 Å². The highest BCUT2D eigenvalue weighted by Crippen LogP contribution is 2.30. The molecule has 4 nitrogen and oxygen atoms in total. The summed E-state index contributed by atoms with van der Waals surface area (Å²) in [4.78, 5) is 4.15. The number of methoxy groups -OCH3 is 1. The van der Waals surface area contributed by atoms with Crippen molar-refractivity contribution in [3.8, 4) is 5.75 Å². The number of nitrogens with one attached hydrogen (secondary N) is 1. The highest BCUT2D eigenvalue weighted by Gasteiger charge is 2.16. The van der Waals surface area contributed by atoms with Crippen molar-refractivity contribution in [2.75, 3.05) is 7.11 Å². The molecule has 1 heterocycles. The summed E-state index contributed by atoms with van der Waals surface area (Å²) in [6.45, 7) is 0. The first-order valence-electron chi connectivity index (χ1n) is 6.03. The first kappa shape index (κ1) is 15.3. The van der Waals surface area contributed by atoms with Crippen LogP contribution in [0, 0.1) is 0 Å². The number of hydrazine groups is 1. The molecule has 1 aromatic carbocycles. The van der Waals surface area contributed by atoms with Crippen LogP contribution in [-0.4, -0.2) is 12.1 Å². The molecule has 1 unspecified atom stereocenters. The number of pyridine rings is 1. The summed E-state index contributed by atoms with van der Waals surface area (Å²) in [6, 6.07) is 7.44. The fourth-order valence-electron chi connectivity index (χ4n) is 2.03. The van der Waals surface area contributed by atoms with Gasteiger partial charge in [0, 0.05) is 27.5 Å². The maximum absolute atomic E-state index is 5.98. The summed E-state index contributed by atoms with van der Waals surface area (Å²) in [5.74, 6) is 6.39. The van der Waals surface area contributed by atoms with Crippen molar-refractivity contribution in [2.24, 2.45) is 5.84 Å². The topological polar surface area (TPSA) is 60.2 Å². The Labute approximate surface area is 131 Å². The van der Waals surface area contributed by atoms with E-state index in [0.29, 0.717) is 17.2 Å². The second kappa shape index (κ2) is 7.04. The third kappa shape index (κ3) is 3.70. The van der Waals surface area contributed by atoms with Gasteiger partial charge in [-0.3, -0.25) is 16.3 Å². The van der Waals surface area contributed by atoms with Gasteiger partial charge in [0.2, 0.25) is 0 Å². The molecule has 2 aromatic rings. The van der Waals surface area contributed by atoms with Gasteiger partial charge in [-0.1, -0.05) is 17.7 Å². The van der Waals surface area contributed by atoms with Gasteiger partial charge in [0.15, 0.2) is 0 Å². The predicted octanol–water partition coefficient (Wildman–Crippen LogP) is 3.25. The lowest BCUT2D eigenvalue weighted by Gasteiger charge is -2.19. The zero-order valence-electron chi connectivity index (χ0n) is 10.9. The van der Waals surface area contributed by atoms with E-state index in [1.165, 1.54) is 0 Å². The number of benzene rings is 1. The fraction of sp³-hybridized carbons (Fsp3) is 0.214. The Morgan fingerprint density at radius 3 is 2.85 bits per heavy atom. The highest BCUT2D eigenvalue weighted by molar-refractivity contribution is 9.10. The van der Waals surface area contributed by atoms with Gasteiger partial charge in [-0.25, -0.2) is 0 Å². The summed E-state index contributed by atoms with van der Waals surface area (Å²) >= 11 is 9.39. The summed E-state index contributed by atoms with van der Waals surface area (Å²) in [7, 11) is 1.61. The van der Waals surface area contributed by atoms with Crippen molar-refractivity contribution in [3.05, 3.63) is 57.3 Å². The number of halogens is 2. The molecule has 6 heteroatoms. The van der Waals surface area contributed by atoms with Gasteiger partial charge in [0.1, 0.15) is 5.75 Å². The molecule has 20 heavy (non-hydrogen) atoms. The van der Waals surface area contributed by atoms with Crippen LogP contribution in [0.1, 0.15) is 17.2 Å². The number of rotatable bonds is 5. The van der Waals surface area contributed by atoms with E-state index in [1.807, 2.05) is 24.4 Å². The first-order valence-corrected chi connectivity index (χ1v) is 7.20. The van der Waals surface area contributed by atoms with Crippen LogP contribution in [0.3, 0.4) is 0 Å². The van der Waals surface area contributed by atoms with Crippen LogP contribution in [0.15, 0.2) is 41.1 Å². The predicted molar refractivity (Wildman–Crippen MR) is 83.7 cm³/mol. The van der Waals surface area contributed by atoms with Crippen LogP contribution in [0.25, 0.3) is 0 Å². The van der Waals surface area contributed by atoms with Crippen molar-refractivity contribution < 1.29 is 4.74 Å². The second-order valence-corrected chi connectivity index (χ2v) is 5.67. The molecule has 3 N–H and O–H groups in total. The van der Waals surface area contributed by atoms with Gasteiger partial charge in [-0.15, -0.1) is 0 Å². The van der Waals surface area contributed by atoms with E-state index in [1.54, 1.807) is 19.4 Å². The van der Waals surface area contributed by atoms with Crippen LogP contribution in [0.2, 0.25) is 5.02 Å². The molecule has 1 atom stereocenters.